The summed E-state index contributed by atoms with van der Waals surface area (Å²) in [6.45, 7) is 0.225. The second-order valence-electron chi connectivity index (χ2n) is 4.84. The number of rotatable bonds is 6. The first-order valence-corrected chi connectivity index (χ1v) is 8.05. The van der Waals surface area contributed by atoms with Gasteiger partial charge in [0.25, 0.3) is 0 Å². The second-order valence-corrected chi connectivity index (χ2v) is 5.78. The molecule has 0 saturated carbocycles. The van der Waals surface area contributed by atoms with Crippen LogP contribution in [0.2, 0.25) is 0 Å². The molecule has 2 aromatic heterocycles. The Morgan fingerprint density at radius 2 is 1.92 bits per heavy atom. The van der Waals surface area contributed by atoms with E-state index < -0.39 is 5.97 Å². The van der Waals surface area contributed by atoms with Gasteiger partial charge in [-0.2, -0.15) is 0 Å². The van der Waals surface area contributed by atoms with Crippen LogP contribution < -0.4 is 10.5 Å². The minimum absolute atomic E-state index is 0.0120. The molecule has 0 aliphatic heterocycles. The van der Waals surface area contributed by atoms with E-state index in [1.807, 2.05) is 0 Å². The molecule has 0 unspecified atom stereocenters. The maximum absolute atomic E-state index is 12.8. The number of carbonyl (C=O) groups is 1. The number of aromatic nitrogens is 3. The summed E-state index contributed by atoms with van der Waals surface area (Å²) < 4.78 is 23.5. The zero-order chi connectivity index (χ0) is 17.6. The summed E-state index contributed by atoms with van der Waals surface area (Å²) in [5.41, 5.74) is 6.12. The highest BCUT2D eigenvalue weighted by Gasteiger charge is 2.14. The van der Waals surface area contributed by atoms with E-state index in [2.05, 4.69) is 15.0 Å². The second kappa shape index (κ2) is 7.67. The van der Waals surface area contributed by atoms with Crippen LogP contribution in [0, 0.1) is 5.82 Å². The fraction of sp³-hybridized carbons (Fsp3) is 0.125. The molecule has 0 amide bonds. The molecule has 7 nitrogen and oxygen atoms in total. The van der Waals surface area contributed by atoms with Crippen LogP contribution in [-0.4, -0.2) is 20.9 Å². The Balaban J connectivity index is 1.52. The van der Waals surface area contributed by atoms with Crippen LogP contribution in [0.3, 0.4) is 0 Å². The molecule has 1 aromatic carbocycles. The number of anilines is 1. The molecule has 0 atom stereocenters. The van der Waals surface area contributed by atoms with Crippen LogP contribution in [-0.2, 0) is 18.0 Å². The van der Waals surface area contributed by atoms with Gasteiger partial charge in [-0.1, -0.05) is 0 Å². The van der Waals surface area contributed by atoms with Crippen LogP contribution in [0.15, 0.2) is 42.0 Å². The van der Waals surface area contributed by atoms with Crippen LogP contribution in [0.4, 0.5) is 10.2 Å². The molecule has 0 fully saturated rings. The minimum atomic E-state index is -0.664. The van der Waals surface area contributed by atoms with Gasteiger partial charge < -0.3 is 15.2 Å². The lowest BCUT2D eigenvalue weighted by Gasteiger charge is -2.04. The minimum Gasteiger partial charge on any atom is -0.486 e. The summed E-state index contributed by atoms with van der Waals surface area (Å²) in [6.07, 6.45) is 2.75. The topological polar surface area (TPSA) is 100 Å². The van der Waals surface area contributed by atoms with Gasteiger partial charge in [-0.15, -0.1) is 11.3 Å². The number of hydrogen-bond donors (Lipinski definition) is 1. The van der Waals surface area contributed by atoms with Crippen molar-refractivity contribution in [2.24, 2.45) is 0 Å². The summed E-state index contributed by atoms with van der Waals surface area (Å²) in [6, 6.07) is 5.72. The molecule has 0 aliphatic rings. The number of nitrogen functional groups attached to an aromatic ring is 1. The van der Waals surface area contributed by atoms with E-state index in [0.717, 1.165) is 0 Å². The number of esters is 1. The summed E-state index contributed by atoms with van der Waals surface area (Å²) in [5, 5.41) is 2.46. The maximum atomic E-state index is 12.8. The molecular formula is C16H13FN4O3S. The third-order valence-electron chi connectivity index (χ3n) is 3.05. The zero-order valence-electron chi connectivity index (χ0n) is 12.9. The Hall–Kier alpha value is -3.07. The third kappa shape index (κ3) is 4.48. The Kier molecular flexibility index (Phi) is 5.14. The van der Waals surface area contributed by atoms with Crippen molar-refractivity contribution in [1.29, 1.82) is 0 Å². The lowest BCUT2D eigenvalue weighted by atomic mass is 10.3. The lowest BCUT2D eigenvalue weighted by Crippen LogP contribution is -2.11. The van der Waals surface area contributed by atoms with Crippen molar-refractivity contribution in [3.05, 3.63) is 64.3 Å². The number of thiazole rings is 1. The smallest absolute Gasteiger partial charge is 0.361 e. The molecular weight excluding hydrogens is 347 g/mol. The number of halogens is 1. The Labute approximate surface area is 146 Å². The molecule has 2 heterocycles. The van der Waals surface area contributed by atoms with Gasteiger partial charge in [-0.05, 0) is 24.3 Å². The van der Waals surface area contributed by atoms with Gasteiger partial charge in [0, 0.05) is 17.8 Å². The quantitative estimate of drug-likeness (QED) is 0.674. The molecule has 25 heavy (non-hydrogen) atoms. The summed E-state index contributed by atoms with van der Waals surface area (Å²) in [4.78, 5) is 23.8. The fourth-order valence-electron chi connectivity index (χ4n) is 1.87. The highest BCUT2D eigenvalue weighted by Crippen LogP contribution is 2.17. The van der Waals surface area contributed by atoms with Crippen molar-refractivity contribution in [2.75, 3.05) is 5.73 Å². The molecule has 0 spiro atoms. The van der Waals surface area contributed by atoms with Gasteiger partial charge in [0.2, 0.25) is 0 Å². The number of nitrogens with two attached hydrogens (primary N) is 1. The number of carbonyl (C=O) groups excluding carboxylic acids is 1. The largest absolute Gasteiger partial charge is 0.486 e. The predicted molar refractivity (Wildman–Crippen MR) is 88.4 cm³/mol. The molecule has 0 aliphatic carbocycles. The monoisotopic (exact) mass is 360 g/mol. The Morgan fingerprint density at radius 3 is 2.68 bits per heavy atom. The van der Waals surface area contributed by atoms with Crippen molar-refractivity contribution >= 4 is 23.1 Å². The van der Waals surface area contributed by atoms with E-state index in [1.165, 1.54) is 48.0 Å². The predicted octanol–water partition coefficient (Wildman–Crippen LogP) is 2.59. The van der Waals surface area contributed by atoms with Gasteiger partial charge in [0.05, 0.1) is 5.69 Å². The van der Waals surface area contributed by atoms with E-state index in [1.54, 1.807) is 5.38 Å². The van der Waals surface area contributed by atoms with Crippen LogP contribution in [0.1, 0.15) is 21.2 Å². The van der Waals surface area contributed by atoms with E-state index >= 15 is 0 Å². The number of hydrogen-bond acceptors (Lipinski definition) is 8. The maximum Gasteiger partial charge on any atom is 0.361 e. The van der Waals surface area contributed by atoms with Crippen molar-refractivity contribution in [3.63, 3.8) is 0 Å². The summed E-state index contributed by atoms with van der Waals surface area (Å²) >= 11 is 1.37. The van der Waals surface area contributed by atoms with Crippen molar-refractivity contribution < 1.29 is 18.7 Å². The first-order valence-electron chi connectivity index (χ1n) is 7.17. The Morgan fingerprint density at radius 1 is 1.16 bits per heavy atom. The van der Waals surface area contributed by atoms with Gasteiger partial charge in [0.15, 0.2) is 11.5 Å². The summed E-state index contributed by atoms with van der Waals surface area (Å²) in [7, 11) is 0. The fourth-order valence-corrected chi connectivity index (χ4v) is 2.56. The van der Waals surface area contributed by atoms with E-state index in [9.17, 15) is 9.18 Å². The van der Waals surface area contributed by atoms with E-state index in [-0.39, 0.29) is 30.5 Å². The average Bonchev–Trinajstić information content (AvgIpc) is 3.07. The summed E-state index contributed by atoms with van der Waals surface area (Å²) in [5.74, 6) is -0.431. The van der Waals surface area contributed by atoms with Crippen molar-refractivity contribution in [1.82, 2.24) is 15.0 Å². The number of ether oxygens (including phenoxy) is 2. The van der Waals surface area contributed by atoms with Gasteiger partial charge >= 0.3 is 5.97 Å². The van der Waals surface area contributed by atoms with Gasteiger partial charge in [-0.3, -0.25) is 0 Å². The zero-order valence-corrected chi connectivity index (χ0v) is 13.7. The number of benzene rings is 1. The molecule has 3 rings (SSSR count). The molecule has 0 saturated heterocycles. The first-order chi connectivity index (χ1) is 12.1. The average molecular weight is 360 g/mol. The normalized spacial score (nSPS) is 10.4. The highest BCUT2D eigenvalue weighted by atomic mass is 32.1. The van der Waals surface area contributed by atoms with Gasteiger partial charge in [-0.25, -0.2) is 24.1 Å². The molecule has 3 aromatic rings. The molecule has 2 N–H and O–H groups in total. The van der Waals surface area contributed by atoms with Crippen LogP contribution >= 0.6 is 11.3 Å². The van der Waals surface area contributed by atoms with Crippen LogP contribution in [0.25, 0.3) is 0 Å². The van der Waals surface area contributed by atoms with Gasteiger partial charge in [0.1, 0.15) is 29.8 Å². The highest BCUT2D eigenvalue weighted by molar-refractivity contribution is 7.09. The molecule has 9 heteroatoms. The van der Waals surface area contributed by atoms with E-state index in [4.69, 9.17) is 15.2 Å². The SMILES string of the molecule is Nc1nccnc1C(=O)OCc1csc(COc2ccc(F)cc2)n1. The molecule has 0 radical (unpaired) electrons. The van der Waals surface area contributed by atoms with Crippen molar-refractivity contribution in [2.45, 2.75) is 13.2 Å². The third-order valence-corrected chi connectivity index (χ3v) is 3.92. The van der Waals surface area contributed by atoms with Crippen molar-refractivity contribution in [3.8, 4) is 5.75 Å². The molecule has 0 bridgehead atoms. The molecule has 128 valence electrons. The standard InChI is InChI=1S/C16H13FN4O3S/c17-10-1-3-12(4-2-10)23-8-13-21-11(9-25-13)7-24-16(22)14-15(18)20-6-5-19-14/h1-6,9H,7-8H2,(H2,18,20). The Bertz CT molecular complexity index is 870. The lowest BCUT2D eigenvalue weighted by molar-refractivity contribution is 0.0462. The first kappa shape index (κ1) is 16.8. The number of nitrogens with zero attached hydrogens (tertiary/aromatic N) is 3. The van der Waals surface area contributed by atoms with E-state index in [0.29, 0.717) is 16.5 Å². The van der Waals surface area contributed by atoms with Crippen LogP contribution in [0.5, 0.6) is 5.75 Å².